The number of hydrogen-bond acceptors (Lipinski definition) is 2. The summed E-state index contributed by atoms with van der Waals surface area (Å²) in [7, 11) is 0. The van der Waals surface area contributed by atoms with Gasteiger partial charge in [0.1, 0.15) is 0 Å². The summed E-state index contributed by atoms with van der Waals surface area (Å²) in [6, 6.07) is 0.676. The molecule has 76 valence electrons. The van der Waals surface area contributed by atoms with E-state index < -0.39 is 6.09 Å². The highest BCUT2D eigenvalue weighted by Crippen LogP contribution is 2.14. The number of amides is 1. The molecule has 1 saturated heterocycles. The van der Waals surface area contributed by atoms with Crippen molar-refractivity contribution in [2.75, 3.05) is 19.6 Å². The van der Waals surface area contributed by atoms with Crippen molar-refractivity contribution in [1.82, 2.24) is 9.80 Å². The molecule has 0 aromatic carbocycles. The number of nitrogens with zero attached hydrogens (tertiary/aromatic N) is 2. The fraction of sp³-hybridized carbons (Fsp3) is 0.889. The number of likely N-dealkylation sites (N-methyl/N-ethyl adjacent to an activating group) is 1. The van der Waals surface area contributed by atoms with Crippen molar-refractivity contribution in [2.24, 2.45) is 0 Å². The summed E-state index contributed by atoms with van der Waals surface area (Å²) >= 11 is 0. The molecule has 0 spiro atoms. The molecular weight excluding hydrogens is 168 g/mol. The first-order chi connectivity index (χ1) is 6.06. The van der Waals surface area contributed by atoms with E-state index in [9.17, 15) is 4.79 Å². The predicted molar refractivity (Wildman–Crippen MR) is 50.9 cm³/mol. The van der Waals surface area contributed by atoms with E-state index in [1.165, 1.54) is 4.90 Å². The molecule has 0 radical (unpaired) electrons. The Bertz CT molecular complexity index is 184. The molecule has 4 nitrogen and oxygen atoms in total. The highest BCUT2D eigenvalue weighted by atomic mass is 16.4. The smallest absolute Gasteiger partial charge is 0.407 e. The van der Waals surface area contributed by atoms with Gasteiger partial charge in [-0.2, -0.15) is 0 Å². The summed E-state index contributed by atoms with van der Waals surface area (Å²) in [5.74, 6) is 0. The van der Waals surface area contributed by atoms with Gasteiger partial charge >= 0.3 is 6.09 Å². The third kappa shape index (κ3) is 2.12. The van der Waals surface area contributed by atoms with Crippen LogP contribution in [-0.4, -0.2) is 52.7 Å². The Hall–Kier alpha value is -0.770. The van der Waals surface area contributed by atoms with Gasteiger partial charge in [-0.25, -0.2) is 4.79 Å². The highest BCUT2D eigenvalue weighted by molar-refractivity contribution is 5.65. The molecule has 1 fully saturated rings. The number of hydrogen-bond donors (Lipinski definition) is 1. The summed E-state index contributed by atoms with van der Waals surface area (Å²) in [5, 5.41) is 8.84. The quantitative estimate of drug-likeness (QED) is 0.666. The minimum Gasteiger partial charge on any atom is -0.465 e. The van der Waals surface area contributed by atoms with Crippen molar-refractivity contribution in [3.8, 4) is 0 Å². The summed E-state index contributed by atoms with van der Waals surface area (Å²) < 4.78 is 0. The van der Waals surface area contributed by atoms with Gasteiger partial charge < -0.3 is 10.0 Å². The van der Waals surface area contributed by atoms with Crippen LogP contribution in [0.25, 0.3) is 0 Å². The second-order valence-electron chi connectivity index (χ2n) is 3.72. The topological polar surface area (TPSA) is 43.8 Å². The Morgan fingerprint density at radius 1 is 1.38 bits per heavy atom. The molecular formula is C9H18N2O2. The Morgan fingerprint density at radius 2 is 1.85 bits per heavy atom. The van der Waals surface area contributed by atoms with Crippen LogP contribution in [0.5, 0.6) is 0 Å². The molecule has 0 aromatic rings. The van der Waals surface area contributed by atoms with Gasteiger partial charge in [0.2, 0.25) is 0 Å². The minimum absolute atomic E-state index is 0.338. The molecule has 2 unspecified atom stereocenters. The third-order valence-corrected chi connectivity index (χ3v) is 2.74. The Morgan fingerprint density at radius 3 is 2.15 bits per heavy atom. The first kappa shape index (κ1) is 10.3. The van der Waals surface area contributed by atoms with Gasteiger partial charge in [0.15, 0.2) is 0 Å². The summed E-state index contributed by atoms with van der Waals surface area (Å²) in [6.45, 7) is 8.53. The lowest BCUT2D eigenvalue weighted by Gasteiger charge is -2.42. The molecule has 0 aliphatic carbocycles. The Balaban J connectivity index is 2.61. The van der Waals surface area contributed by atoms with E-state index >= 15 is 0 Å². The van der Waals surface area contributed by atoms with Crippen LogP contribution in [0.1, 0.15) is 20.8 Å². The maximum absolute atomic E-state index is 10.7. The lowest BCUT2D eigenvalue weighted by Crippen LogP contribution is -2.57. The molecule has 1 N–H and O–H groups in total. The van der Waals surface area contributed by atoms with E-state index in [-0.39, 0.29) is 0 Å². The van der Waals surface area contributed by atoms with Crippen molar-refractivity contribution in [3.05, 3.63) is 0 Å². The van der Waals surface area contributed by atoms with Crippen LogP contribution in [0.2, 0.25) is 0 Å². The van der Waals surface area contributed by atoms with Crippen LogP contribution < -0.4 is 0 Å². The van der Waals surface area contributed by atoms with E-state index in [4.69, 9.17) is 5.11 Å². The zero-order valence-electron chi connectivity index (χ0n) is 8.53. The fourth-order valence-electron chi connectivity index (χ4n) is 2.14. The second-order valence-corrected chi connectivity index (χ2v) is 3.72. The maximum atomic E-state index is 10.7. The monoisotopic (exact) mass is 186 g/mol. The largest absolute Gasteiger partial charge is 0.465 e. The van der Waals surface area contributed by atoms with Gasteiger partial charge in [-0.3, -0.25) is 4.90 Å². The fourth-order valence-corrected chi connectivity index (χ4v) is 2.14. The van der Waals surface area contributed by atoms with Crippen LogP contribution in [0.15, 0.2) is 0 Å². The number of piperazine rings is 1. The lowest BCUT2D eigenvalue weighted by atomic mass is 10.1. The van der Waals surface area contributed by atoms with Gasteiger partial charge in [-0.05, 0) is 20.4 Å². The van der Waals surface area contributed by atoms with Gasteiger partial charge in [0.25, 0.3) is 0 Å². The molecule has 0 aromatic heterocycles. The van der Waals surface area contributed by atoms with Crippen molar-refractivity contribution in [1.29, 1.82) is 0 Å². The molecule has 2 atom stereocenters. The third-order valence-electron chi connectivity index (χ3n) is 2.74. The van der Waals surface area contributed by atoms with Crippen LogP contribution in [0.4, 0.5) is 4.79 Å². The van der Waals surface area contributed by atoms with Gasteiger partial charge in [0.05, 0.1) is 0 Å². The average Bonchev–Trinajstić information content (AvgIpc) is 2.03. The van der Waals surface area contributed by atoms with Crippen LogP contribution >= 0.6 is 0 Å². The molecule has 1 rings (SSSR count). The van der Waals surface area contributed by atoms with Crippen LogP contribution in [0.3, 0.4) is 0 Å². The first-order valence-corrected chi connectivity index (χ1v) is 4.79. The van der Waals surface area contributed by atoms with E-state index in [2.05, 4.69) is 25.7 Å². The Kier molecular flexibility index (Phi) is 3.14. The predicted octanol–water partition coefficient (Wildman–Crippen LogP) is 1.08. The maximum Gasteiger partial charge on any atom is 0.407 e. The average molecular weight is 186 g/mol. The molecule has 1 aliphatic rings. The standard InChI is InChI=1S/C9H18N2O2/c1-4-11-7(2)5-10(9(12)13)6-8(11)3/h7-8H,4-6H2,1-3H3,(H,12,13). The van der Waals surface area contributed by atoms with E-state index in [0.29, 0.717) is 25.2 Å². The van der Waals surface area contributed by atoms with Crippen molar-refractivity contribution in [3.63, 3.8) is 0 Å². The van der Waals surface area contributed by atoms with Crippen molar-refractivity contribution < 1.29 is 9.90 Å². The van der Waals surface area contributed by atoms with Gasteiger partial charge in [-0.15, -0.1) is 0 Å². The van der Waals surface area contributed by atoms with Crippen LogP contribution in [0, 0.1) is 0 Å². The van der Waals surface area contributed by atoms with Crippen molar-refractivity contribution >= 4 is 6.09 Å². The summed E-state index contributed by atoms with van der Waals surface area (Å²) in [5.41, 5.74) is 0. The number of carbonyl (C=O) groups is 1. The first-order valence-electron chi connectivity index (χ1n) is 4.79. The van der Waals surface area contributed by atoms with E-state index in [1.807, 2.05) is 0 Å². The molecule has 1 heterocycles. The zero-order chi connectivity index (χ0) is 10.0. The normalized spacial score (nSPS) is 30.5. The summed E-state index contributed by atoms with van der Waals surface area (Å²) in [6.07, 6.45) is -0.797. The molecule has 4 heteroatoms. The number of carboxylic acid groups (broad SMARTS) is 1. The Labute approximate surface area is 79.1 Å². The lowest BCUT2D eigenvalue weighted by molar-refractivity contribution is 0.0438. The van der Waals surface area contributed by atoms with Gasteiger partial charge in [-0.1, -0.05) is 6.92 Å². The van der Waals surface area contributed by atoms with Crippen LogP contribution in [-0.2, 0) is 0 Å². The minimum atomic E-state index is -0.797. The van der Waals surface area contributed by atoms with Gasteiger partial charge in [0, 0.05) is 25.2 Å². The molecule has 0 saturated carbocycles. The second kappa shape index (κ2) is 3.96. The molecule has 1 amide bonds. The number of rotatable bonds is 1. The molecule has 0 bridgehead atoms. The highest BCUT2D eigenvalue weighted by Gasteiger charge is 2.30. The SMILES string of the molecule is CCN1C(C)CN(C(=O)O)CC1C. The zero-order valence-corrected chi connectivity index (χ0v) is 8.53. The van der Waals surface area contributed by atoms with Crippen molar-refractivity contribution in [2.45, 2.75) is 32.9 Å². The van der Waals surface area contributed by atoms with E-state index in [1.54, 1.807) is 0 Å². The van der Waals surface area contributed by atoms with E-state index in [0.717, 1.165) is 6.54 Å². The summed E-state index contributed by atoms with van der Waals surface area (Å²) in [4.78, 5) is 14.6. The molecule has 1 aliphatic heterocycles. The molecule has 13 heavy (non-hydrogen) atoms.